The van der Waals surface area contributed by atoms with Crippen LogP contribution in [-0.2, 0) is 11.2 Å². The number of hydrogen-bond donors (Lipinski definition) is 2. The maximum Gasteiger partial charge on any atom is 0.306 e. The van der Waals surface area contributed by atoms with Crippen molar-refractivity contribution in [2.75, 3.05) is 0 Å². The molecule has 1 atom stereocenters. The Hall–Kier alpha value is -1.06. The summed E-state index contributed by atoms with van der Waals surface area (Å²) >= 11 is 5.99. The molecule has 0 aromatic heterocycles. The summed E-state index contributed by atoms with van der Waals surface area (Å²) in [6.07, 6.45) is 4.43. The summed E-state index contributed by atoms with van der Waals surface area (Å²) in [6.45, 7) is 2.17. The van der Waals surface area contributed by atoms with E-state index in [0.29, 0.717) is 12.1 Å². The molecule has 110 valence electrons. The van der Waals surface area contributed by atoms with Crippen LogP contribution in [0.2, 0.25) is 5.02 Å². The molecule has 0 amide bonds. The molecule has 2 rings (SSSR count). The van der Waals surface area contributed by atoms with Gasteiger partial charge in [0.2, 0.25) is 0 Å². The molecule has 0 bridgehead atoms. The molecule has 1 aliphatic rings. The van der Waals surface area contributed by atoms with E-state index in [9.17, 15) is 4.79 Å². The third-order valence-electron chi connectivity index (χ3n) is 4.03. The number of benzene rings is 1. The lowest BCUT2D eigenvalue weighted by Gasteiger charge is -2.29. The number of halogens is 1. The monoisotopic (exact) mass is 295 g/mol. The van der Waals surface area contributed by atoms with Crippen molar-refractivity contribution < 1.29 is 9.90 Å². The van der Waals surface area contributed by atoms with Crippen molar-refractivity contribution in [2.45, 2.75) is 51.1 Å². The fourth-order valence-electron chi connectivity index (χ4n) is 2.99. The average molecular weight is 296 g/mol. The molecule has 0 heterocycles. The first kappa shape index (κ1) is 15.3. The highest BCUT2D eigenvalue weighted by molar-refractivity contribution is 6.30. The van der Waals surface area contributed by atoms with Crippen LogP contribution in [0.15, 0.2) is 24.3 Å². The topological polar surface area (TPSA) is 49.3 Å². The van der Waals surface area contributed by atoms with E-state index in [1.807, 2.05) is 18.2 Å². The van der Waals surface area contributed by atoms with Gasteiger partial charge in [-0.1, -0.05) is 23.7 Å². The normalized spacial score (nSPS) is 24.3. The zero-order chi connectivity index (χ0) is 14.5. The van der Waals surface area contributed by atoms with Crippen LogP contribution in [0.3, 0.4) is 0 Å². The van der Waals surface area contributed by atoms with Gasteiger partial charge in [0.1, 0.15) is 0 Å². The minimum atomic E-state index is -0.643. The Morgan fingerprint density at radius 3 is 2.70 bits per heavy atom. The average Bonchev–Trinajstić information content (AvgIpc) is 2.39. The number of aliphatic carboxylic acids is 1. The SMILES string of the molecule is CC(Cc1cccc(Cl)c1)NC1CCC(C(=O)O)CC1. The van der Waals surface area contributed by atoms with Crippen LogP contribution in [0, 0.1) is 5.92 Å². The van der Waals surface area contributed by atoms with Crippen LogP contribution < -0.4 is 5.32 Å². The molecule has 1 unspecified atom stereocenters. The van der Waals surface area contributed by atoms with Crippen LogP contribution in [0.1, 0.15) is 38.2 Å². The van der Waals surface area contributed by atoms with Crippen LogP contribution in [-0.4, -0.2) is 23.2 Å². The van der Waals surface area contributed by atoms with E-state index in [1.165, 1.54) is 5.56 Å². The maximum atomic E-state index is 10.9. The first-order valence-corrected chi connectivity index (χ1v) is 7.65. The second kappa shape index (κ2) is 7.09. The van der Waals surface area contributed by atoms with Crippen LogP contribution in [0.25, 0.3) is 0 Å². The number of hydrogen-bond acceptors (Lipinski definition) is 2. The first-order valence-electron chi connectivity index (χ1n) is 7.28. The highest BCUT2D eigenvalue weighted by Gasteiger charge is 2.26. The van der Waals surface area contributed by atoms with Gasteiger partial charge in [0.15, 0.2) is 0 Å². The van der Waals surface area contributed by atoms with Gasteiger partial charge in [-0.15, -0.1) is 0 Å². The lowest BCUT2D eigenvalue weighted by atomic mass is 9.85. The minimum absolute atomic E-state index is 0.142. The lowest BCUT2D eigenvalue weighted by molar-refractivity contribution is -0.142. The molecule has 0 aliphatic heterocycles. The van der Waals surface area contributed by atoms with E-state index in [-0.39, 0.29) is 5.92 Å². The quantitative estimate of drug-likeness (QED) is 0.874. The highest BCUT2D eigenvalue weighted by atomic mass is 35.5. The Kier molecular flexibility index (Phi) is 5.44. The van der Waals surface area contributed by atoms with Crippen LogP contribution in [0.5, 0.6) is 0 Å². The summed E-state index contributed by atoms with van der Waals surface area (Å²) in [5.41, 5.74) is 1.23. The standard InChI is InChI=1S/C16H22ClNO2/c1-11(9-12-3-2-4-14(17)10-12)18-15-7-5-13(6-8-15)16(19)20/h2-4,10-11,13,15,18H,5-9H2,1H3,(H,19,20). The van der Waals surface area contributed by atoms with Crippen molar-refractivity contribution in [1.29, 1.82) is 0 Å². The van der Waals surface area contributed by atoms with Gasteiger partial charge in [0, 0.05) is 17.1 Å². The summed E-state index contributed by atoms with van der Waals surface area (Å²) in [5.74, 6) is -0.785. The second-order valence-electron chi connectivity index (χ2n) is 5.79. The third-order valence-corrected chi connectivity index (χ3v) is 4.26. The third kappa shape index (κ3) is 4.50. The van der Waals surface area contributed by atoms with Crippen molar-refractivity contribution in [3.05, 3.63) is 34.9 Å². The zero-order valence-electron chi connectivity index (χ0n) is 11.8. The van der Waals surface area contributed by atoms with Crippen molar-refractivity contribution in [3.8, 4) is 0 Å². The smallest absolute Gasteiger partial charge is 0.306 e. The molecule has 20 heavy (non-hydrogen) atoms. The molecule has 2 N–H and O–H groups in total. The van der Waals surface area contributed by atoms with Gasteiger partial charge in [0.25, 0.3) is 0 Å². The Morgan fingerprint density at radius 2 is 2.10 bits per heavy atom. The Labute approximate surface area is 125 Å². The van der Waals surface area contributed by atoms with Gasteiger partial charge in [-0.05, 0) is 56.7 Å². The van der Waals surface area contributed by atoms with Gasteiger partial charge < -0.3 is 10.4 Å². The Bertz CT molecular complexity index is 456. The molecule has 0 spiro atoms. The van der Waals surface area contributed by atoms with Gasteiger partial charge in [-0.2, -0.15) is 0 Å². The molecule has 0 radical (unpaired) electrons. The van der Waals surface area contributed by atoms with E-state index in [0.717, 1.165) is 37.1 Å². The molecular formula is C16H22ClNO2. The van der Waals surface area contributed by atoms with Crippen LogP contribution >= 0.6 is 11.6 Å². The fourth-order valence-corrected chi connectivity index (χ4v) is 3.20. The van der Waals surface area contributed by atoms with Gasteiger partial charge in [-0.3, -0.25) is 4.79 Å². The van der Waals surface area contributed by atoms with Crippen molar-refractivity contribution in [3.63, 3.8) is 0 Å². The van der Waals surface area contributed by atoms with Gasteiger partial charge >= 0.3 is 5.97 Å². The number of rotatable bonds is 5. The largest absolute Gasteiger partial charge is 0.481 e. The second-order valence-corrected chi connectivity index (χ2v) is 6.22. The first-order chi connectivity index (χ1) is 9.54. The fraction of sp³-hybridized carbons (Fsp3) is 0.562. The van der Waals surface area contributed by atoms with E-state index in [1.54, 1.807) is 0 Å². The highest BCUT2D eigenvalue weighted by Crippen LogP contribution is 2.25. The molecule has 1 aliphatic carbocycles. The maximum absolute atomic E-state index is 10.9. The van der Waals surface area contributed by atoms with E-state index >= 15 is 0 Å². The molecule has 0 saturated heterocycles. The molecule has 1 fully saturated rings. The summed E-state index contributed by atoms with van der Waals surface area (Å²) in [4.78, 5) is 10.9. The minimum Gasteiger partial charge on any atom is -0.481 e. The number of carboxylic acid groups (broad SMARTS) is 1. The predicted octanol–water partition coefficient (Wildman–Crippen LogP) is 3.50. The zero-order valence-corrected chi connectivity index (χ0v) is 12.6. The molecule has 4 heteroatoms. The summed E-state index contributed by atoms with van der Waals surface area (Å²) in [6, 6.07) is 8.77. The molecule has 1 aromatic rings. The lowest BCUT2D eigenvalue weighted by Crippen LogP contribution is -2.40. The van der Waals surface area contributed by atoms with Crippen molar-refractivity contribution in [2.24, 2.45) is 5.92 Å². The molecular weight excluding hydrogens is 274 g/mol. The molecule has 3 nitrogen and oxygen atoms in total. The number of carboxylic acids is 1. The predicted molar refractivity (Wildman–Crippen MR) is 81.1 cm³/mol. The Balaban J connectivity index is 1.78. The van der Waals surface area contributed by atoms with Gasteiger partial charge in [-0.25, -0.2) is 0 Å². The van der Waals surface area contributed by atoms with E-state index < -0.39 is 5.97 Å². The van der Waals surface area contributed by atoms with E-state index in [2.05, 4.69) is 18.3 Å². The van der Waals surface area contributed by atoms with Crippen molar-refractivity contribution in [1.82, 2.24) is 5.32 Å². The number of carbonyl (C=O) groups is 1. The number of nitrogens with one attached hydrogen (secondary N) is 1. The summed E-state index contributed by atoms with van der Waals surface area (Å²) in [5, 5.41) is 13.4. The molecule has 1 aromatic carbocycles. The summed E-state index contributed by atoms with van der Waals surface area (Å²) in [7, 11) is 0. The van der Waals surface area contributed by atoms with Gasteiger partial charge in [0.05, 0.1) is 5.92 Å². The summed E-state index contributed by atoms with van der Waals surface area (Å²) < 4.78 is 0. The Morgan fingerprint density at radius 1 is 1.40 bits per heavy atom. The van der Waals surface area contributed by atoms with E-state index in [4.69, 9.17) is 16.7 Å². The van der Waals surface area contributed by atoms with Crippen molar-refractivity contribution >= 4 is 17.6 Å². The van der Waals surface area contributed by atoms with Crippen LogP contribution in [0.4, 0.5) is 0 Å². The molecule has 1 saturated carbocycles.